The van der Waals surface area contributed by atoms with Gasteiger partial charge >= 0.3 is 0 Å². The number of amides is 2. The first-order valence-electron chi connectivity index (χ1n) is 10.8. The van der Waals surface area contributed by atoms with Crippen LogP contribution in [0.4, 0.5) is 5.69 Å². The van der Waals surface area contributed by atoms with E-state index in [0.717, 1.165) is 55.3 Å². The fourth-order valence-corrected chi connectivity index (χ4v) is 3.97. The van der Waals surface area contributed by atoms with E-state index in [9.17, 15) is 9.59 Å². The molecule has 0 unspecified atom stereocenters. The molecule has 2 N–H and O–H groups in total. The summed E-state index contributed by atoms with van der Waals surface area (Å²) in [7, 11) is 0. The van der Waals surface area contributed by atoms with E-state index in [-0.39, 0.29) is 17.9 Å². The van der Waals surface area contributed by atoms with Crippen LogP contribution >= 0.6 is 0 Å². The molecule has 1 saturated carbocycles. The van der Waals surface area contributed by atoms with Gasteiger partial charge in [-0.3, -0.25) is 14.6 Å². The number of aromatic nitrogens is 1. The van der Waals surface area contributed by atoms with Crippen molar-refractivity contribution >= 4 is 17.5 Å². The second kappa shape index (κ2) is 10.2. The number of para-hydroxylation sites is 1. The summed E-state index contributed by atoms with van der Waals surface area (Å²) in [6.45, 7) is 4.15. The number of nitrogens with zero attached hydrogens (tertiary/aromatic N) is 1. The third-order valence-electron chi connectivity index (χ3n) is 5.69. The summed E-state index contributed by atoms with van der Waals surface area (Å²) in [5.74, 6) is -0.389. The zero-order chi connectivity index (χ0) is 20.6. The minimum Gasteiger partial charge on any atom is -0.349 e. The van der Waals surface area contributed by atoms with E-state index >= 15 is 0 Å². The highest BCUT2D eigenvalue weighted by molar-refractivity contribution is 6.06. The predicted molar refractivity (Wildman–Crippen MR) is 116 cm³/mol. The van der Waals surface area contributed by atoms with E-state index in [1.54, 1.807) is 6.07 Å². The molecule has 1 fully saturated rings. The van der Waals surface area contributed by atoms with Crippen LogP contribution in [0.1, 0.15) is 84.2 Å². The Labute approximate surface area is 173 Å². The largest absolute Gasteiger partial charge is 0.349 e. The SMILES string of the molecule is CCc1cccc(CC)c1NC(=O)c1cncc(C(=O)NC2CCCCCC2)c1. The number of anilines is 1. The molecule has 0 radical (unpaired) electrons. The summed E-state index contributed by atoms with van der Waals surface area (Å²) >= 11 is 0. The molecular weight excluding hydrogens is 362 g/mol. The molecule has 0 aliphatic heterocycles. The van der Waals surface area contributed by atoms with Crippen LogP contribution in [0.5, 0.6) is 0 Å². The predicted octanol–water partition coefficient (Wildman–Crippen LogP) is 4.91. The molecule has 5 nitrogen and oxygen atoms in total. The molecular formula is C24H31N3O2. The molecule has 1 aromatic carbocycles. The number of carbonyl (C=O) groups is 2. The molecule has 3 rings (SSSR count). The lowest BCUT2D eigenvalue weighted by molar-refractivity contribution is 0.0933. The normalized spacial score (nSPS) is 14.8. The van der Waals surface area contributed by atoms with E-state index < -0.39 is 0 Å². The molecule has 1 aromatic heterocycles. The smallest absolute Gasteiger partial charge is 0.257 e. The average Bonchev–Trinajstić information content (AvgIpc) is 3.02. The molecule has 1 heterocycles. The average molecular weight is 394 g/mol. The molecule has 2 amide bonds. The lowest BCUT2D eigenvalue weighted by Crippen LogP contribution is -2.34. The van der Waals surface area contributed by atoms with Gasteiger partial charge in [-0.05, 0) is 42.9 Å². The van der Waals surface area contributed by atoms with Crippen molar-refractivity contribution in [2.45, 2.75) is 71.3 Å². The fraction of sp³-hybridized carbons (Fsp3) is 0.458. The maximum Gasteiger partial charge on any atom is 0.257 e. The summed E-state index contributed by atoms with van der Waals surface area (Å²) in [5.41, 5.74) is 3.91. The summed E-state index contributed by atoms with van der Waals surface area (Å²) in [4.78, 5) is 29.7. The van der Waals surface area contributed by atoms with E-state index in [1.165, 1.54) is 25.2 Å². The van der Waals surface area contributed by atoms with Gasteiger partial charge in [0.1, 0.15) is 0 Å². The quantitative estimate of drug-likeness (QED) is 0.685. The zero-order valence-electron chi connectivity index (χ0n) is 17.5. The Balaban J connectivity index is 1.73. The van der Waals surface area contributed by atoms with E-state index in [4.69, 9.17) is 0 Å². The van der Waals surface area contributed by atoms with Crippen molar-refractivity contribution < 1.29 is 9.59 Å². The molecule has 5 heteroatoms. The van der Waals surface area contributed by atoms with Crippen molar-refractivity contribution in [1.29, 1.82) is 0 Å². The van der Waals surface area contributed by atoms with Gasteiger partial charge in [0.15, 0.2) is 0 Å². The first-order valence-corrected chi connectivity index (χ1v) is 10.8. The van der Waals surface area contributed by atoms with Gasteiger partial charge in [-0.1, -0.05) is 57.7 Å². The number of benzene rings is 1. The minimum absolute atomic E-state index is 0.151. The molecule has 1 aliphatic rings. The van der Waals surface area contributed by atoms with Gasteiger partial charge in [-0.15, -0.1) is 0 Å². The number of rotatable bonds is 6. The molecule has 0 saturated heterocycles. The molecule has 0 spiro atoms. The molecule has 1 aliphatic carbocycles. The number of aryl methyl sites for hydroxylation is 2. The van der Waals surface area contributed by atoms with Crippen LogP contribution in [-0.4, -0.2) is 22.8 Å². The van der Waals surface area contributed by atoms with Crippen molar-refractivity contribution in [2.24, 2.45) is 0 Å². The number of carbonyl (C=O) groups excluding carboxylic acids is 2. The minimum atomic E-state index is -0.239. The Hall–Kier alpha value is -2.69. The van der Waals surface area contributed by atoms with Crippen LogP contribution in [0, 0.1) is 0 Å². The van der Waals surface area contributed by atoms with E-state index in [2.05, 4.69) is 29.5 Å². The van der Waals surface area contributed by atoms with E-state index in [0.29, 0.717) is 11.1 Å². The standard InChI is InChI=1S/C24H31N3O2/c1-3-17-10-9-11-18(4-2)22(17)27-24(29)20-14-19(15-25-16-20)23(28)26-21-12-7-5-6-8-13-21/h9-11,14-16,21H,3-8,12-13H2,1-2H3,(H,26,28)(H,27,29). The summed E-state index contributed by atoms with van der Waals surface area (Å²) in [6.07, 6.45) is 11.5. The monoisotopic (exact) mass is 393 g/mol. The van der Waals surface area contributed by atoms with Gasteiger partial charge in [0.2, 0.25) is 0 Å². The van der Waals surface area contributed by atoms with Crippen LogP contribution in [-0.2, 0) is 12.8 Å². The fourth-order valence-electron chi connectivity index (χ4n) is 3.97. The van der Waals surface area contributed by atoms with Gasteiger partial charge in [0.05, 0.1) is 11.1 Å². The van der Waals surface area contributed by atoms with Crippen molar-refractivity contribution in [3.8, 4) is 0 Å². The molecule has 154 valence electrons. The number of hydrogen-bond donors (Lipinski definition) is 2. The lowest BCUT2D eigenvalue weighted by atomic mass is 10.0. The summed E-state index contributed by atoms with van der Waals surface area (Å²) in [6, 6.07) is 7.93. The molecule has 0 atom stereocenters. The van der Waals surface area contributed by atoms with Crippen LogP contribution < -0.4 is 10.6 Å². The lowest BCUT2D eigenvalue weighted by Gasteiger charge is -2.17. The van der Waals surface area contributed by atoms with Crippen LogP contribution in [0.2, 0.25) is 0 Å². The topological polar surface area (TPSA) is 71.1 Å². The molecule has 0 bridgehead atoms. The van der Waals surface area contributed by atoms with Crippen LogP contribution in [0.3, 0.4) is 0 Å². The number of hydrogen-bond acceptors (Lipinski definition) is 3. The Morgan fingerprint density at radius 1 is 0.931 bits per heavy atom. The van der Waals surface area contributed by atoms with Gasteiger partial charge in [-0.25, -0.2) is 0 Å². The van der Waals surface area contributed by atoms with Crippen molar-refractivity contribution in [3.63, 3.8) is 0 Å². The van der Waals surface area contributed by atoms with Crippen molar-refractivity contribution in [2.75, 3.05) is 5.32 Å². The van der Waals surface area contributed by atoms with Crippen LogP contribution in [0.25, 0.3) is 0 Å². The van der Waals surface area contributed by atoms with Gasteiger partial charge in [0, 0.05) is 24.1 Å². The second-order valence-electron chi connectivity index (χ2n) is 7.74. The van der Waals surface area contributed by atoms with Crippen LogP contribution in [0.15, 0.2) is 36.7 Å². The third kappa shape index (κ3) is 5.43. The maximum atomic E-state index is 12.9. The van der Waals surface area contributed by atoms with Gasteiger partial charge < -0.3 is 10.6 Å². The Kier molecular flexibility index (Phi) is 7.39. The Morgan fingerprint density at radius 2 is 1.52 bits per heavy atom. The van der Waals surface area contributed by atoms with Gasteiger partial charge in [-0.2, -0.15) is 0 Å². The number of nitrogens with one attached hydrogen (secondary N) is 2. The third-order valence-corrected chi connectivity index (χ3v) is 5.69. The Bertz CT molecular complexity index is 833. The Morgan fingerprint density at radius 3 is 2.10 bits per heavy atom. The highest BCUT2D eigenvalue weighted by atomic mass is 16.2. The molecule has 2 aromatic rings. The summed E-state index contributed by atoms with van der Waals surface area (Å²) in [5, 5.41) is 6.16. The van der Waals surface area contributed by atoms with Gasteiger partial charge in [0.25, 0.3) is 11.8 Å². The zero-order valence-corrected chi connectivity index (χ0v) is 17.5. The van der Waals surface area contributed by atoms with Crippen molar-refractivity contribution in [3.05, 3.63) is 58.9 Å². The highest BCUT2D eigenvalue weighted by Gasteiger charge is 2.18. The first kappa shape index (κ1) is 21.0. The highest BCUT2D eigenvalue weighted by Crippen LogP contribution is 2.23. The maximum absolute atomic E-state index is 12.9. The molecule has 29 heavy (non-hydrogen) atoms. The second-order valence-corrected chi connectivity index (χ2v) is 7.74. The van der Waals surface area contributed by atoms with E-state index in [1.807, 2.05) is 18.2 Å². The number of pyridine rings is 1. The van der Waals surface area contributed by atoms with Crippen molar-refractivity contribution in [1.82, 2.24) is 10.3 Å². The first-order chi connectivity index (χ1) is 14.1. The summed E-state index contributed by atoms with van der Waals surface area (Å²) < 4.78 is 0.